The van der Waals surface area contributed by atoms with Gasteiger partial charge in [-0.25, -0.2) is 0 Å². The third-order valence-corrected chi connectivity index (χ3v) is 7.51. The minimum atomic E-state index is -0.160. The first kappa shape index (κ1) is 24.8. The van der Waals surface area contributed by atoms with E-state index in [1.54, 1.807) is 14.2 Å². The van der Waals surface area contributed by atoms with Crippen LogP contribution in [0.5, 0.6) is 11.5 Å². The van der Waals surface area contributed by atoms with Crippen LogP contribution in [0.25, 0.3) is 5.69 Å². The molecule has 4 aromatic rings. The molecule has 2 aromatic carbocycles. The zero-order valence-corrected chi connectivity index (χ0v) is 22.9. The van der Waals surface area contributed by atoms with Gasteiger partial charge in [0.2, 0.25) is 0 Å². The van der Waals surface area contributed by atoms with Crippen molar-refractivity contribution >= 4 is 23.0 Å². The number of pyridine rings is 1. The van der Waals surface area contributed by atoms with Crippen LogP contribution >= 0.6 is 12.2 Å². The summed E-state index contributed by atoms with van der Waals surface area (Å²) in [6, 6.07) is 20.2. The Bertz CT molecular complexity index is 1440. The zero-order chi connectivity index (χ0) is 26.3. The van der Waals surface area contributed by atoms with Crippen LogP contribution in [0.4, 0.5) is 5.69 Å². The third-order valence-electron chi connectivity index (χ3n) is 7.20. The quantitative estimate of drug-likeness (QED) is 0.306. The topological polar surface area (TPSA) is 51.6 Å². The smallest absolute Gasteiger partial charge is 0.174 e. The second-order valence-corrected chi connectivity index (χ2v) is 9.82. The van der Waals surface area contributed by atoms with Gasteiger partial charge in [0.05, 0.1) is 43.4 Å². The molecular weight excluding hydrogens is 480 g/mol. The Labute approximate surface area is 223 Å². The number of benzene rings is 2. The van der Waals surface area contributed by atoms with E-state index in [-0.39, 0.29) is 12.1 Å². The molecule has 0 bridgehead atoms. The molecule has 6 nitrogen and oxygen atoms in total. The van der Waals surface area contributed by atoms with Gasteiger partial charge < -0.3 is 24.3 Å². The molecular formula is C30H32N4O2S. The number of para-hydroxylation sites is 1. The van der Waals surface area contributed by atoms with Gasteiger partial charge in [0.15, 0.2) is 5.11 Å². The molecule has 2 aromatic heterocycles. The number of hydrogen-bond acceptors (Lipinski definition) is 4. The Morgan fingerprint density at radius 1 is 0.892 bits per heavy atom. The van der Waals surface area contributed by atoms with Gasteiger partial charge in [-0.1, -0.05) is 24.3 Å². The van der Waals surface area contributed by atoms with E-state index in [4.69, 9.17) is 26.7 Å². The van der Waals surface area contributed by atoms with Crippen molar-refractivity contribution in [2.45, 2.75) is 39.8 Å². The highest BCUT2D eigenvalue weighted by Gasteiger charge is 2.43. The summed E-state index contributed by atoms with van der Waals surface area (Å²) in [6.45, 7) is 8.68. The van der Waals surface area contributed by atoms with Crippen molar-refractivity contribution in [2.75, 3.05) is 19.1 Å². The average molecular weight is 513 g/mol. The van der Waals surface area contributed by atoms with Gasteiger partial charge in [-0.15, -0.1) is 0 Å². The molecule has 1 saturated heterocycles. The highest BCUT2D eigenvalue weighted by atomic mass is 32.1. The summed E-state index contributed by atoms with van der Waals surface area (Å²) in [5, 5.41) is 4.18. The Morgan fingerprint density at radius 2 is 1.65 bits per heavy atom. The first-order chi connectivity index (χ1) is 17.8. The number of ether oxygens (including phenoxy) is 2. The van der Waals surface area contributed by atoms with E-state index in [1.807, 2.05) is 42.6 Å². The highest BCUT2D eigenvalue weighted by Crippen LogP contribution is 2.47. The molecule has 37 heavy (non-hydrogen) atoms. The Morgan fingerprint density at radius 3 is 2.30 bits per heavy atom. The van der Waals surface area contributed by atoms with E-state index in [2.05, 4.69) is 66.7 Å². The Hall–Kier alpha value is -3.84. The maximum Gasteiger partial charge on any atom is 0.174 e. The zero-order valence-electron chi connectivity index (χ0n) is 22.1. The minimum absolute atomic E-state index is 0.156. The number of aryl methyl sites for hydroxylation is 3. The predicted molar refractivity (Wildman–Crippen MR) is 152 cm³/mol. The van der Waals surface area contributed by atoms with Gasteiger partial charge in [0.1, 0.15) is 11.5 Å². The van der Waals surface area contributed by atoms with Gasteiger partial charge in [-0.2, -0.15) is 0 Å². The molecule has 2 atom stereocenters. The molecule has 2 unspecified atom stereocenters. The van der Waals surface area contributed by atoms with Crippen molar-refractivity contribution in [3.63, 3.8) is 0 Å². The first-order valence-electron chi connectivity index (χ1n) is 12.3. The summed E-state index contributed by atoms with van der Waals surface area (Å²) in [4.78, 5) is 6.85. The van der Waals surface area contributed by atoms with Crippen LogP contribution in [0.2, 0.25) is 0 Å². The van der Waals surface area contributed by atoms with Gasteiger partial charge >= 0.3 is 0 Å². The molecule has 0 radical (unpaired) electrons. The van der Waals surface area contributed by atoms with E-state index < -0.39 is 0 Å². The largest absolute Gasteiger partial charge is 0.497 e. The SMILES string of the molecule is COc1ccc(OC)c(N2C(=S)NC(c3ccccn3)C2c2cc(C)n(-c3c(C)cccc3C)c2C)c1. The van der Waals surface area contributed by atoms with Crippen LogP contribution in [-0.2, 0) is 0 Å². The number of hydrogen-bond donors (Lipinski definition) is 1. The molecule has 1 aliphatic heterocycles. The molecule has 5 rings (SSSR count). The van der Waals surface area contributed by atoms with Crippen LogP contribution in [0, 0.1) is 27.7 Å². The number of nitrogens with zero attached hydrogens (tertiary/aromatic N) is 3. The molecule has 0 spiro atoms. The van der Waals surface area contributed by atoms with Gasteiger partial charge in [-0.05, 0) is 86.9 Å². The normalized spacial score (nSPS) is 17.1. The van der Waals surface area contributed by atoms with Crippen molar-refractivity contribution in [2.24, 2.45) is 0 Å². The molecule has 0 saturated carbocycles. The predicted octanol–water partition coefficient (Wildman–Crippen LogP) is 6.30. The number of nitrogens with one attached hydrogen (secondary N) is 1. The summed E-state index contributed by atoms with van der Waals surface area (Å²) >= 11 is 5.97. The fourth-order valence-electron chi connectivity index (χ4n) is 5.50. The third kappa shape index (κ3) is 4.23. The monoisotopic (exact) mass is 512 g/mol. The summed E-state index contributed by atoms with van der Waals surface area (Å²) in [7, 11) is 3.34. The van der Waals surface area contributed by atoms with Crippen molar-refractivity contribution in [1.82, 2.24) is 14.9 Å². The molecule has 1 aliphatic rings. The van der Waals surface area contributed by atoms with Crippen LogP contribution in [0.1, 0.15) is 45.9 Å². The molecule has 1 N–H and O–H groups in total. The van der Waals surface area contributed by atoms with Gasteiger partial charge in [-0.3, -0.25) is 4.98 Å². The molecule has 190 valence electrons. The summed E-state index contributed by atoms with van der Waals surface area (Å²) in [5.41, 5.74) is 8.97. The van der Waals surface area contributed by atoms with Crippen LogP contribution in [-0.4, -0.2) is 28.9 Å². The molecule has 0 aliphatic carbocycles. The van der Waals surface area contributed by atoms with Gasteiger partial charge in [0, 0.05) is 23.7 Å². The fraction of sp³-hybridized carbons (Fsp3) is 0.267. The molecule has 1 fully saturated rings. The maximum atomic E-state index is 5.97. The maximum absolute atomic E-state index is 5.97. The van der Waals surface area contributed by atoms with Crippen LogP contribution in [0.3, 0.4) is 0 Å². The standard InChI is InChI=1S/C30H32N4O2S/c1-18-10-9-11-19(2)28(18)33-20(3)16-23(21(33)4)29-27(24-12-7-8-15-31-24)32-30(37)34(29)25-17-22(35-5)13-14-26(25)36-6/h7-17,27,29H,1-6H3,(H,32,37). The molecule has 0 amide bonds. The molecule has 3 heterocycles. The van der Waals surface area contributed by atoms with E-state index in [0.29, 0.717) is 5.11 Å². The summed E-state index contributed by atoms with van der Waals surface area (Å²) in [5.74, 6) is 1.46. The van der Waals surface area contributed by atoms with Crippen molar-refractivity contribution in [3.8, 4) is 17.2 Å². The Kier molecular flexibility index (Phi) is 6.65. The number of thiocarbonyl (C=S) groups is 1. The lowest BCUT2D eigenvalue weighted by Gasteiger charge is -2.29. The number of rotatable bonds is 6. The van der Waals surface area contributed by atoms with Crippen LogP contribution < -0.4 is 19.7 Å². The number of methoxy groups -OCH3 is 2. The van der Waals surface area contributed by atoms with E-state index >= 15 is 0 Å². The Balaban J connectivity index is 1.74. The van der Waals surface area contributed by atoms with Gasteiger partial charge in [0.25, 0.3) is 0 Å². The lowest BCUT2D eigenvalue weighted by molar-refractivity contribution is 0.403. The number of anilines is 1. The van der Waals surface area contributed by atoms with Crippen molar-refractivity contribution < 1.29 is 9.47 Å². The van der Waals surface area contributed by atoms with E-state index in [0.717, 1.165) is 22.9 Å². The van der Waals surface area contributed by atoms with E-state index in [9.17, 15) is 0 Å². The average Bonchev–Trinajstić information content (AvgIpc) is 3.39. The van der Waals surface area contributed by atoms with Crippen molar-refractivity contribution in [3.05, 3.63) is 101 Å². The lowest BCUT2D eigenvalue weighted by atomic mass is 9.96. The molecule has 7 heteroatoms. The van der Waals surface area contributed by atoms with E-state index in [1.165, 1.54) is 33.8 Å². The number of aromatic nitrogens is 2. The summed E-state index contributed by atoms with van der Waals surface area (Å²) < 4.78 is 13.7. The second kappa shape index (κ2) is 9.90. The highest BCUT2D eigenvalue weighted by molar-refractivity contribution is 7.80. The lowest BCUT2D eigenvalue weighted by Crippen LogP contribution is -2.30. The second-order valence-electron chi connectivity index (χ2n) is 9.44. The first-order valence-corrected chi connectivity index (χ1v) is 12.7. The fourth-order valence-corrected chi connectivity index (χ4v) is 5.84. The van der Waals surface area contributed by atoms with Crippen molar-refractivity contribution in [1.29, 1.82) is 0 Å². The minimum Gasteiger partial charge on any atom is -0.497 e. The summed E-state index contributed by atoms with van der Waals surface area (Å²) in [6.07, 6.45) is 1.83. The van der Waals surface area contributed by atoms with Crippen LogP contribution in [0.15, 0.2) is 66.9 Å².